The second-order valence-electron chi connectivity index (χ2n) is 5.41. The van der Waals surface area contributed by atoms with Crippen LogP contribution in [0.25, 0.3) is 0 Å². The highest BCUT2D eigenvalue weighted by Gasteiger charge is 2.12. The van der Waals surface area contributed by atoms with Crippen LogP contribution < -0.4 is 10.2 Å². The van der Waals surface area contributed by atoms with Gasteiger partial charge in [0.25, 0.3) is 0 Å². The maximum absolute atomic E-state index is 14.3. The summed E-state index contributed by atoms with van der Waals surface area (Å²) >= 11 is 0. The van der Waals surface area contributed by atoms with Crippen molar-refractivity contribution < 1.29 is 4.39 Å². The predicted octanol–water partition coefficient (Wildman–Crippen LogP) is 3.20. The van der Waals surface area contributed by atoms with Crippen LogP contribution in [0.3, 0.4) is 0 Å². The van der Waals surface area contributed by atoms with Gasteiger partial charge in [-0.3, -0.25) is 0 Å². The maximum Gasteiger partial charge on any atom is 0.170 e. The number of hydrogen-bond acceptors (Lipinski definition) is 3. The first kappa shape index (κ1) is 15.9. The first-order valence-electron chi connectivity index (χ1n) is 7.11. The van der Waals surface area contributed by atoms with E-state index in [0.29, 0.717) is 23.8 Å². The van der Waals surface area contributed by atoms with Crippen LogP contribution in [0, 0.1) is 11.7 Å². The highest BCUT2D eigenvalue weighted by atomic mass is 19.1. The first-order chi connectivity index (χ1) is 9.06. The standard InChI is InChI=1S/C15H26FN3/c1-5-6-9-19(4)15-14(16)13(7-8-18-15)11-17-10-12(2)3/h7-8,12,17H,5-6,9-11H2,1-4H3. The van der Waals surface area contributed by atoms with Crippen molar-refractivity contribution in [1.82, 2.24) is 10.3 Å². The highest BCUT2D eigenvalue weighted by molar-refractivity contribution is 5.42. The van der Waals surface area contributed by atoms with Crippen molar-refractivity contribution >= 4 is 5.82 Å². The van der Waals surface area contributed by atoms with Crippen molar-refractivity contribution in [2.75, 3.05) is 25.0 Å². The molecule has 0 fully saturated rings. The molecule has 0 aliphatic carbocycles. The molecule has 1 rings (SSSR count). The van der Waals surface area contributed by atoms with E-state index in [1.54, 1.807) is 12.3 Å². The van der Waals surface area contributed by atoms with Gasteiger partial charge in [0, 0.05) is 31.9 Å². The molecule has 1 aromatic heterocycles. The van der Waals surface area contributed by atoms with Gasteiger partial charge < -0.3 is 10.2 Å². The Morgan fingerprint density at radius 3 is 2.79 bits per heavy atom. The van der Waals surface area contributed by atoms with Gasteiger partial charge >= 0.3 is 0 Å². The molecular formula is C15H26FN3. The molecule has 0 saturated carbocycles. The Hall–Kier alpha value is -1.16. The fourth-order valence-electron chi connectivity index (χ4n) is 1.87. The van der Waals surface area contributed by atoms with Crippen LogP contribution in [0.4, 0.5) is 10.2 Å². The summed E-state index contributed by atoms with van der Waals surface area (Å²) in [7, 11) is 1.90. The summed E-state index contributed by atoms with van der Waals surface area (Å²) in [6.07, 6.45) is 3.84. The van der Waals surface area contributed by atoms with Crippen molar-refractivity contribution in [2.24, 2.45) is 5.92 Å². The second kappa shape index (κ2) is 8.10. The Kier molecular flexibility index (Phi) is 6.78. The Morgan fingerprint density at radius 1 is 1.42 bits per heavy atom. The number of nitrogens with one attached hydrogen (secondary N) is 1. The number of pyridine rings is 1. The lowest BCUT2D eigenvalue weighted by molar-refractivity contribution is 0.532. The molecule has 1 aromatic rings. The van der Waals surface area contributed by atoms with Crippen LogP contribution in [0.5, 0.6) is 0 Å². The van der Waals surface area contributed by atoms with Gasteiger partial charge in [0.2, 0.25) is 0 Å². The van der Waals surface area contributed by atoms with Crippen LogP contribution in [0.2, 0.25) is 0 Å². The molecule has 1 heterocycles. The smallest absolute Gasteiger partial charge is 0.170 e. The minimum atomic E-state index is -0.197. The molecule has 0 spiro atoms. The number of halogens is 1. The zero-order valence-electron chi connectivity index (χ0n) is 12.5. The molecule has 0 aliphatic rings. The number of aromatic nitrogens is 1. The maximum atomic E-state index is 14.3. The number of unbranched alkanes of at least 4 members (excludes halogenated alkanes) is 1. The van der Waals surface area contributed by atoms with Crippen LogP contribution >= 0.6 is 0 Å². The van der Waals surface area contributed by atoms with Crippen LogP contribution in [0.1, 0.15) is 39.2 Å². The van der Waals surface area contributed by atoms with Gasteiger partial charge in [0.15, 0.2) is 11.6 Å². The minimum absolute atomic E-state index is 0.197. The molecule has 0 aromatic carbocycles. The summed E-state index contributed by atoms with van der Waals surface area (Å²) in [5.74, 6) is 0.825. The van der Waals surface area contributed by atoms with Gasteiger partial charge in [-0.1, -0.05) is 27.2 Å². The van der Waals surface area contributed by atoms with E-state index < -0.39 is 0 Å². The summed E-state index contributed by atoms with van der Waals surface area (Å²) in [6, 6.07) is 1.75. The molecule has 0 radical (unpaired) electrons. The average molecular weight is 267 g/mol. The zero-order chi connectivity index (χ0) is 14.3. The summed E-state index contributed by atoms with van der Waals surface area (Å²) < 4.78 is 14.3. The summed E-state index contributed by atoms with van der Waals surface area (Å²) in [5, 5.41) is 3.26. The van der Waals surface area contributed by atoms with E-state index in [1.165, 1.54) is 0 Å². The largest absolute Gasteiger partial charge is 0.357 e. The fraction of sp³-hybridized carbons (Fsp3) is 0.667. The van der Waals surface area contributed by atoms with Gasteiger partial charge in [-0.25, -0.2) is 9.37 Å². The lowest BCUT2D eigenvalue weighted by Gasteiger charge is -2.19. The Labute approximate surface area is 116 Å². The van der Waals surface area contributed by atoms with Crippen molar-refractivity contribution in [3.8, 4) is 0 Å². The monoisotopic (exact) mass is 267 g/mol. The Bertz CT molecular complexity index is 380. The third-order valence-electron chi connectivity index (χ3n) is 3.03. The average Bonchev–Trinajstić information content (AvgIpc) is 2.37. The topological polar surface area (TPSA) is 28.2 Å². The van der Waals surface area contributed by atoms with Gasteiger partial charge in [0.05, 0.1) is 0 Å². The number of hydrogen-bond donors (Lipinski definition) is 1. The van der Waals surface area contributed by atoms with E-state index in [2.05, 4.69) is 31.1 Å². The lowest BCUT2D eigenvalue weighted by atomic mass is 10.2. The van der Waals surface area contributed by atoms with Crippen molar-refractivity contribution in [1.29, 1.82) is 0 Å². The van der Waals surface area contributed by atoms with E-state index in [9.17, 15) is 4.39 Å². The van der Waals surface area contributed by atoms with Crippen LogP contribution in [-0.4, -0.2) is 25.1 Å². The fourth-order valence-corrected chi connectivity index (χ4v) is 1.87. The van der Waals surface area contributed by atoms with E-state index in [4.69, 9.17) is 0 Å². The number of anilines is 1. The number of rotatable bonds is 8. The molecule has 108 valence electrons. The molecule has 1 N–H and O–H groups in total. The first-order valence-corrected chi connectivity index (χ1v) is 7.11. The van der Waals surface area contributed by atoms with Gasteiger partial charge in [-0.2, -0.15) is 0 Å². The third-order valence-corrected chi connectivity index (χ3v) is 3.03. The van der Waals surface area contributed by atoms with Gasteiger partial charge in [-0.05, 0) is 24.9 Å². The van der Waals surface area contributed by atoms with Crippen LogP contribution in [-0.2, 0) is 6.54 Å². The molecule has 0 amide bonds. The summed E-state index contributed by atoms with van der Waals surface area (Å²) in [6.45, 7) is 8.69. The van der Waals surface area contributed by atoms with E-state index in [-0.39, 0.29) is 5.82 Å². The molecule has 3 nitrogen and oxygen atoms in total. The van der Waals surface area contributed by atoms with Crippen LogP contribution in [0.15, 0.2) is 12.3 Å². The van der Waals surface area contributed by atoms with E-state index in [1.807, 2.05) is 11.9 Å². The highest BCUT2D eigenvalue weighted by Crippen LogP contribution is 2.18. The lowest BCUT2D eigenvalue weighted by Crippen LogP contribution is -2.23. The number of nitrogens with zero attached hydrogens (tertiary/aromatic N) is 2. The molecular weight excluding hydrogens is 241 g/mol. The van der Waals surface area contributed by atoms with Crippen molar-refractivity contribution in [2.45, 2.75) is 40.2 Å². The van der Waals surface area contributed by atoms with E-state index >= 15 is 0 Å². The second-order valence-corrected chi connectivity index (χ2v) is 5.41. The Morgan fingerprint density at radius 2 is 2.16 bits per heavy atom. The molecule has 0 saturated heterocycles. The molecule has 0 bridgehead atoms. The Balaban J connectivity index is 2.68. The van der Waals surface area contributed by atoms with Crippen molar-refractivity contribution in [3.05, 3.63) is 23.6 Å². The predicted molar refractivity (Wildman–Crippen MR) is 78.9 cm³/mol. The molecule has 0 unspecified atom stereocenters. The SMILES string of the molecule is CCCCN(C)c1nccc(CNCC(C)C)c1F. The molecule has 0 aliphatic heterocycles. The molecule has 0 atom stereocenters. The van der Waals surface area contributed by atoms with E-state index in [0.717, 1.165) is 25.9 Å². The van der Waals surface area contributed by atoms with Gasteiger partial charge in [0.1, 0.15) is 0 Å². The quantitative estimate of drug-likeness (QED) is 0.784. The minimum Gasteiger partial charge on any atom is -0.357 e. The van der Waals surface area contributed by atoms with Crippen molar-refractivity contribution in [3.63, 3.8) is 0 Å². The van der Waals surface area contributed by atoms with Gasteiger partial charge in [-0.15, -0.1) is 0 Å². The normalized spacial score (nSPS) is 11.1. The zero-order valence-corrected chi connectivity index (χ0v) is 12.5. The molecule has 4 heteroatoms. The summed E-state index contributed by atoms with van der Waals surface area (Å²) in [4.78, 5) is 6.05. The third kappa shape index (κ3) is 5.15. The summed E-state index contributed by atoms with van der Waals surface area (Å²) in [5.41, 5.74) is 0.689. The molecule has 19 heavy (non-hydrogen) atoms.